The molecule has 4 N–H and O–H groups in total. The van der Waals surface area contributed by atoms with E-state index in [1.165, 1.54) is 0 Å². The summed E-state index contributed by atoms with van der Waals surface area (Å²) in [6.07, 6.45) is 0. The maximum absolute atomic E-state index is 4.81. The number of benzene rings is 6. The molecule has 0 atom stereocenters. The standard InChI is InChI=1S/2C19H16N4.BrH.ClH/c2*1-4-10-16(11-5-1)19-20-22(17-12-6-2-7-13-17)23(21-19)18-14-8-3-9-15-18;;/h2*1-15H,(H,20,21);2*1H. The van der Waals surface area contributed by atoms with E-state index in [0.29, 0.717) is 0 Å². The first kappa shape index (κ1) is 33.9. The van der Waals surface area contributed by atoms with Crippen molar-refractivity contribution in [2.75, 3.05) is 20.5 Å². The number of hydrazine groups is 2. The van der Waals surface area contributed by atoms with E-state index in [1.54, 1.807) is 0 Å². The van der Waals surface area contributed by atoms with E-state index in [4.69, 9.17) is 10.2 Å². The van der Waals surface area contributed by atoms with Crippen molar-refractivity contribution in [2.24, 2.45) is 10.2 Å². The fourth-order valence-electron chi connectivity index (χ4n) is 5.19. The largest absolute Gasteiger partial charge is 1.00 e. The molecule has 8 nitrogen and oxygen atoms in total. The van der Waals surface area contributed by atoms with Crippen LogP contribution in [0.15, 0.2) is 192 Å². The molecule has 0 unspecified atom stereocenters. The molecule has 2 heterocycles. The molecular weight excluding hydrogens is 684 g/mol. The summed E-state index contributed by atoms with van der Waals surface area (Å²) in [7, 11) is 0. The molecule has 0 radical (unpaired) electrons. The van der Waals surface area contributed by atoms with Crippen LogP contribution in [0.3, 0.4) is 0 Å². The van der Waals surface area contributed by atoms with Crippen LogP contribution in [-0.4, -0.2) is 11.7 Å². The fraction of sp³-hybridized carbons (Fsp3) is 0. The van der Waals surface area contributed by atoms with Crippen LogP contribution in [0.1, 0.15) is 11.1 Å². The zero-order valence-electron chi connectivity index (χ0n) is 25.9. The van der Waals surface area contributed by atoms with Crippen LogP contribution in [0.4, 0.5) is 22.7 Å². The zero-order valence-corrected chi connectivity index (χ0v) is 28.3. The Kier molecular flexibility index (Phi) is 11.6. The fourth-order valence-corrected chi connectivity index (χ4v) is 5.19. The van der Waals surface area contributed by atoms with Crippen molar-refractivity contribution in [3.8, 4) is 0 Å². The zero-order chi connectivity index (χ0) is 31.0. The summed E-state index contributed by atoms with van der Waals surface area (Å²) < 4.78 is 0. The van der Waals surface area contributed by atoms with E-state index in [-0.39, 0.29) is 29.4 Å². The van der Waals surface area contributed by atoms with Crippen LogP contribution in [0.5, 0.6) is 0 Å². The maximum Gasteiger partial charge on any atom is 0.277 e. The van der Waals surface area contributed by atoms with Crippen LogP contribution in [-0.2, 0) is 0 Å². The molecule has 6 aromatic carbocycles. The highest BCUT2D eigenvalue weighted by Gasteiger charge is 2.32. The summed E-state index contributed by atoms with van der Waals surface area (Å²) in [4.78, 5) is 0. The molecule has 0 bridgehead atoms. The van der Waals surface area contributed by atoms with Gasteiger partial charge >= 0.3 is 0 Å². The molecule has 0 fully saturated rings. The molecule has 0 aromatic heterocycles. The Hall–Kier alpha value is -5.45. The molecule has 0 saturated heterocycles. The van der Waals surface area contributed by atoms with Crippen molar-refractivity contribution < 1.29 is 40.2 Å². The van der Waals surface area contributed by atoms with Crippen LogP contribution in [0.2, 0.25) is 0 Å². The van der Waals surface area contributed by atoms with Crippen molar-refractivity contribution in [3.63, 3.8) is 0 Å². The second-order valence-corrected chi connectivity index (χ2v) is 10.6. The number of halogens is 2. The number of hydrogen-bond donors (Lipinski definition) is 2. The average Bonchev–Trinajstić information content (AvgIpc) is 3.81. The quantitative estimate of drug-likeness (QED) is 0.229. The molecule has 10 heteroatoms. The van der Waals surface area contributed by atoms with Gasteiger partial charge in [0, 0.05) is 0 Å². The summed E-state index contributed by atoms with van der Waals surface area (Å²) >= 11 is 0. The number of amidine groups is 2. The van der Waals surface area contributed by atoms with Gasteiger partial charge in [-0.3, -0.25) is 0 Å². The smallest absolute Gasteiger partial charge is 0.277 e. The van der Waals surface area contributed by atoms with Gasteiger partial charge in [0.15, 0.2) is 0 Å². The summed E-state index contributed by atoms with van der Waals surface area (Å²) in [5, 5.41) is 17.6. The van der Waals surface area contributed by atoms with Gasteiger partial charge in [-0.15, -0.1) is 20.5 Å². The second kappa shape index (κ2) is 16.4. The van der Waals surface area contributed by atoms with E-state index in [9.17, 15) is 0 Å². The Bertz CT molecular complexity index is 1760. The minimum Gasteiger partial charge on any atom is -1.00 e. The molecule has 0 amide bonds. The molecule has 2 aliphatic rings. The lowest BCUT2D eigenvalue weighted by molar-refractivity contribution is -0.545. The van der Waals surface area contributed by atoms with Gasteiger partial charge in [0.1, 0.15) is 11.4 Å². The maximum atomic E-state index is 4.81. The monoisotopic (exact) mass is 716 g/mol. The van der Waals surface area contributed by atoms with Crippen LogP contribution in [0, 0.1) is 0 Å². The van der Waals surface area contributed by atoms with Crippen molar-refractivity contribution in [1.82, 2.24) is 0 Å². The number of hydrazone groups is 2. The summed E-state index contributed by atoms with van der Waals surface area (Å²) in [5.74, 6) is 1.89. The van der Waals surface area contributed by atoms with Gasteiger partial charge in [-0.05, 0) is 72.8 Å². The Labute approximate surface area is 297 Å². The first-order valence-corrected chi connectivity index (χ1v) is 15.2. The lowest BCUT2D eigenvalue weighted by Gasteiger charge is -2.23. The topological polar surface area (TPSA) is 70.9 Å². The van der Waals surface area contributed by atoms with Crippen LogP contribution in [0.25, 0.3) is 0 Å². The second-order valence-electron chi connectivity index (χ2n) is 10.6. The number of hydrogen-bond acceptors (Lipinski definition) is 6. The molecule has 0 spiro atoms. The van der Waals surface area contributed by atoms with E-state index < -0.39 is 0 Å². The minimum atomic E-state index is 0. The van der Waals surface area contributed by atoms with Crippen LogP contribution < -0.4 is 60.7 Å². The van der Waals surface area contributed by atoms with Crippen molar-refractivity contribution in [1.29, 1.82) is 0 Å². The lowest BCUT2D eigenvalue weighted by Crippen LogP contribution is -3.00. The third kappa shape index (κ3) is 7.74. The summed E-state index contributed by atoms with van der Waals surface area (Å²) in [5.41, 5.74) is 10.5. The van der Waals surface area contributed by atoms with Crippen molar-refractivity contribution >= 4 is 34.4 Å². The Morgan fingerprint density at radius 3 is 0.875 bits per heavy atom. The lowest BCUT2D eigenvalue weighted by atomic mass is 10.2. The van der Waals surface area contributed by atoms with E-state index in [2.05, 4.69) is 93.9 Å². The average molecular weight is 718 g/mol. The highest BCUT2D eigenvalue weighted by Crippen LogP contribution is 2.23. The molecule has 240 valence electrons. The van der Waals surface area contributed by atoms with E-state index in [1.807, 2.05) is 119 Å². The predicted molar refractivity (Wildman–Crippen MR) is 185 cm³/mol. The molecule has 0 saturated carbocycles. The third-order valence-electron chi connectivity index (χ3n) is 7.46. The van der Waals surface area contributed by atoms with E-state index in [0.717, 1.165) is 45.5 Å². The van der Waals surface area contributed by atoms with Gasteiger partial charge in [-0.25, -0.2) is 0 Å². The summed E-state index contributed by atoms with van der Waals surface area (Å²) in [6, 6.07) is 61.3. The predicted octanol–water partition coefficient (Wildman–Crippen LogP) is -0.455. The van der Waals surface area contributed by atoms with E-state index >= 15 is 0 Å². The first-order valence-electron chi connectivity index (χ1n) is 15.2. The van der Waals surface area contributed by atoms with Gasteiger partial charge in [0.2, 0.25) is 0 Å². The van der Waals surface area contributed by atoms with Gasteiger partial charge in [-0.1, -0.05) is 119 Å². The molecule has 8 rings (SSSR count). The molecular formula is C38H34BrClN8. The number of rotatable bonds is 6. The number of nitrogens with zero attached hydrogens (tertiary/aromatic N) is 6. The van der Waals surface area contributed by atoms with Gasteiger partial charge in [-0.2, -0.15) is 10.9 Å². The van der Waals surface area contributed by atoms with Gasteiger partial charge in [0.25, 0.3) is 11.7 Å². The third-order valence-corrected chi connectivity index (χ3v) is 7.46. The van der Waals surface area contributed by atoms with Crippen LogP contribution >= 0.6 is 0 Å². The molecule has 48 heavy (non-hydrogen) atoms. The van der Waals surface area contributed by atoms with Gasteiger partial charge < -0.3 is 29.4 Å². The number of anilines is 4. The number of quaternary nitrogens is 2. The van der Waals surface area contributed by atoms with Crippen molar-refractivity contribution in [3.05, 3.63) is 193 Å². The molecule has 2 aliphatic heterocycles. The first-order chi connectivity index (χ1) is 22.8. The Balaban J connectivity index is 0.000000180. The highest BCUT2D eigenvalue weighted by molar-refractivity contribution is 5.94. The Morgan fingerprint density at radius 1 is 0.333 bits per heavy atom. The molecule has 6 aromatic rings. The minimum absolute atomic E-state index is 0. The van der Waals surface area contributed by atoms with Crippen molar-refractivity contribution in [2.45, 2.75) is 0 Å². The van der Waals surface area contributed by atoms with Gasteiger partial charge in [0.05, 0.1) is 22.5 Å². The Morgan fingerprint density at radius 2 is 0.583 bits per heavy atom. The summed E-state index contributed by atoms with van der Waals surface area (Å²) in [6.45, 7) is 0. The molecule has 0 aliphatic carbocycles. The normalized spacial score (nSPS) is 13.4. The number of para-hydroxylation sites is 4. The highest BCUT2D eigenvalue weighted by atomic mass is 79.9. The number of nitrogens with two attached hydrogens (primary N) is 2. The SMILES string of the molecule is [Br-].[Cl-].c1ccc(C2=NN(c3ccccc3)N(c3ccccc3)[NH2+]2)cc1.c1ccc(C2=NN(c3ccccc3)N(c3ccccc3)[NH2+]2)cc1.